The highest BCUT2D eigenvalue weighted by Crippen LogP contribution is 2.26. The zero-order chi connectivity index (χ0) is 20.4. The van der Waals surface area contributed by atoms with Crippen LogP contribution in [0.3, 0.4) is 0 Å². The lowest BCUT2D eigenvalue weighted by molar-refractivity contribution is -0.121. The first-order chi connectivity index (χ1) is 14.0. The van der Waals surface area contributed by atoms with Gasteiger partial charge < -0.3 is 14.2 Å². The number of fused-ring (bicyclic) bond motifs is 1. The van der Waals surface area contributed by atoms with Gasteiger partial charge in [-0.1, -0.05) is 34.1 Å². The molecule has 0 fully saturated rings. The van der Waals surface area contributed by atoms with E-state index in [-0.39, 0.29) is 12.3 Å². The lowest BCUT2D eigenvalue weighted by atomic mass is 10.1. The maximum atomic E-state index is 12.2. The summed E-state index contributed by atoms with van der Waals surface area (Å²) in [6, 6.07) is 13.1. The molecule has 7 nitrogen and oxygen atoms in total. The van der Waals surface area contributed by atoms with E-state index in [1.54, 1.807) is 18.2 Å². The molecule has 0 aliphatic rings. The molecule has 0 radical (unpaired) electrons. The number of oxazole rings is 2. The summed E-state index contributed by atoms with van der Waals surface area (Å²) in [6.45, 7) is 2.25. The number of amides is 1. The highest BCUT2D eigenvalue weighted by molar-refractivity contribution is 9.10. The van der Waals surface area contributed by atoms with E-state index < -0.39 is 5.76 Å². The largest absolute Gasteiger partial charge is 0.440 e. The minimum absolute atomic E-state index is 0.105. The molecule has 0 saturated carbocycles. The Labute approximate surface area is 174 Å². The van der Waals surface area contributed by atoms with E-state index in [0.717, 1.165) is 27.1 Å². The summed E-state index contributed by atoms with van der Waals surface area (Å²) >= 11 is 3.42. The van der Waals surface area contributed by atoms with Crippen molar-refractivity contribution in [1.82, 2.24) is 15.3 Å². The molecule has 4 aromatic rings. The number of nitrogens with zero attached hydrogens (tertiary/aromatic N) is 1. The monoisotopic (exact) mass is 455 g/mol. The lowest BCUT2D eigenvalue weighted by Gasteiger charge is -2.04. The summed E-state index contributed by atoms with van der Waals surface area (Å²) in [6.07, 6.45) is 0.682. The Balaban J connectivity index is 1.34. The molecule has 4 rings (SSSR count). The second-order valence-corrected chi connectivity index (χ2v) is 7.57. The Morgan fingerprint density at radius 3 is 2.76 bits per heavy atom. The fraction of sp³-hybridized carbons (Fsp3) is 0.190. The Morgan fingerprint density at radius 1 is 1.17 bits per heavy atom. The number of aryl methyl sites for hydroxylation is 2. The second kappa shape index (κ2) is 8.08. The number of carbonyl (C=O) groups excluding carboxylic acids is 1. The van der Waals surface area contributed by atoms with Gasteiger partial charge in [-0.25, -0.2) is 9.78 Å². The van der Waals surface area contributed by atoms with Gasteiger partial charge in [0.25, 0.3) is 0 Å². The van der Waals surface area contributed by atoms with Gasteiger partial charge in [-0.15, -0.1) is 0 Å². The number of halogens is 1. The normalized spacial score (nSPS) is 11.1. The Morgan fingerprint density at radius 2 is 1.97 bits per heavy atom. The van der Waals surface area contributed by atoms with Crippen LogP contribution in [0.25, 0.3) is 22.4 Å². The first kappa shape index (κ1) is 19.2. The highest BCUT2D eigenvalue weighted by atomic mass is 79.9. The number of rotatable bonds is 6. The quantitative estimate of drug-likeness (QED) is 0.455. The van der Waals surface area contributed by atoms with Gasteiger partial charge in [-0.3, -0.25) is 9.78 Å². The number of carbonyl (C=O) groups is 1. The lowest BCUT2D eigenvalue weighted by Crippen LogP contribution is -2.23. The smallest absolute Gasteiger partial charge is 0.417 e. The van der Waals surface area contributed by atoms with Crippen molar-refractivity contribution in [1.29, 1.82) is 0 Å². The first-order valence-corrected chi connectivity index (χ1v) is 9.88. The maximum Gasteiger partial charge on any atom is 0.417 e. The summed E-state index contributed by atoms with van der Waals surface area (Å²) in [4.78, 5) is 30.4. The van der Waals surface area contributed by atoms with Gasteiger partial charge in [-0.05, 0) is 36.8 Å². The molecule has 0 aliphatic heterocycles. The highest BCUT2D eigenvalue weighted by Gasteiger charge is 2.13. The van der Waals surface area contributed by atoms with Crippen LogP contribution in [0.2, 0.25) is 0 Å². The topological polar surface area (TPSA) is 101 Å². The molecule has 8 heteroatoms. The number of nitrogens with one attached hydrogen (secondary N) is 2. The van der Waals surface area contributed by atoms with Crippen molar-refractivity contribution in [3.63, 3.8) is 0 Å². The summed E-state index contributed by atoms with van der Waals surface area (Å²) in [7, 11) is 0. The molecule has 0 aliphatic carbocycles. The van der Waals surface area contributed by atoms with Crippen molar-refractivity contribution in [3.8, 4) is 11.3 Å². The molecule has 2 aromatic heterocycles. The van der Waals surface area contributed by atoms with E-state index >= 15 is 0 Å². The molecule has 1 amide bonds. The summed E-state index contributed by atoms with van der Waals surface area (Å²) < 4.78 is 11.8. The molecule has 148 valence electrons. The molecule has 0 bridgehead atoms. The number of hydrogen-bond donors (Lipinski definition) is 2. The van der Waals surface area contributed by atoms with Crippen LogP contribution >= 0.6 is 15.9 Å². The maximum absolute atomic E-state index is 12.2. The van der Waals surface area contributed by atoms with E-state index in [9.17, 15) is 9.59 Å². The van der Waals surface area contributed by atoms with Gasteiger partial charge in [0.1, 0.15) is 0 Å². The van der Waals surface area contributed by atoms with Crippen LogP contribution in [0.15, 0.2) is 60.6 Å². The molecular weight excluding hydrogens is 438 g/mol. The Bertz CT molecular complexity index is 1220. The SMILES string of the molecule is Cc1nc(CCC(=O)NCc2ccc3oc(=O)[nH]c3c2)oc1-c1ccc(Br)cc1. The average Bonchev–Trinajstić information content (AvgIpc) is 3.26. The minimum Gasteiger partial charge on any atom is -0.440 e. The predicted octanol–water partition coefficient (Wildman–Crippen LogP) is 4.10. The van der Waals surface area contributed by atoms with Crippen LogP contribution in [-0.2, 0) is 17.8 Å². The van der Waals surface area contributed by atoms with Crippen molar-refractivity contribution in [2.75, 3.05) is 0 Å². The molecule has 0 unspecified atom stereocenters. The van der Waals surface area contributed by atoms with Gasteiger partial charge >= 0.3 is 5.76 Å². The third-order valence-electron chi connectivity index (χ3n) is 4.49. The van der Waals surface area contributed by atoms with Crippen LogP contribution in [-0.4, -0.2) is 15.9 Å². The van der Waals surface area contributed by atoms with Crippen LogP contribution in [0.5, 0.6) is 0 Å². The summed E-state index contributed by atoms with van der Waals surface area (Å²) in [5, 5.41) is 2.86. The van der Waals surface area contributed by atoms with Gasteiger partial charge in [-0.2, -0.15) is 0 Å². The fourth-order valence-electron chi connectivity index (χ4n) is 3.05. The van der Waals surface area contributed by atoms with E-state index in [1.165, 1.54) is 0 Å². The number of aromatic nitrogens is 2. The van der Waals surface area contributed by atoms with Crippen molar-refractivity contribution in [3.05, 3.63) is 74.6 Å². The number of aromatic amines is 1. The van der Waals surface area contributed by atoms with E-state index in [0.29, 0.717) is 30.0 Å². The molecule has 2 aromatic carbocycles. The van der Waals surface area contributed by atoms with E-state index in [4.69, 9.17) is 8.83 Å². The minimum atomic E-state index is -0.495. The Hall–Kier alpha value is -3.13. The van der Waals surface area contributed by atoms with Crippen LogP contribution in [0.1, 0.15) is 23.6 Å². The number of hydrogen-bond acceptors (Lipinski definition) is 5. The fourth-order valence-corrected chi connectivity index (χ4v) is 3.31. The molecule has 0 saturated heterocycles. The molecule has 0 spiro atoms. The van der Waals surface area contributed by atoms with Crippen molar-refractivity contribution < 1.29 is 13.6 Å². The third-order valence-corrected chi connectivity index (χ3v) is 5.01. The van der Waals surface area contributed by atoms with E-state index in [1.807, 2.05) is 31.2 Å². The van der Waals surface area contributed by atoms with Crippen molar-refractivity contribution in [2.45, 2.75) is 26.3 Å². The zero-order valence-corrected chi connectivity index (χ0v) is 17.2. The molecular formula is C21H18BrN3O4. The van der Waals surface area contributed by atoms with Crippen LogP contribution < -0.4 is 11.1 Å². The van der Waals surface area contributed by atoms with Gasteiger partial charge in [0.05, 0.1) is 11.2 Å². The summed E-state index contributed by atoms with van der Waals surface area (Å²) in [5.41, 5.74) is 3.71. The van der Waals surface area contributed by atoms with Gasteiger partial charge in [0.2, 0.25) is 5.91 Å². The van der Waals surface area contributed by atoms with Crippen LogP contribution in [0.4, 0.5) is 0 Å². The molecule has 29 heavy (non-hydrogen) atoms. The molecule has 2 heterocycles. The van der Waals surface area contributed by atoms with E-state index in [2.05, 4.69) is 31.2 Å². The zero-order valence-electron chi connectivity index (χ0n) is 15.6. The second-order valence-electron chi connectivity index (χ2n) is 6.65. The summed E-state index contributed by atoms with van der Waals surface area (Å²) in [5.74, 6) is 0.653. The number of H-pyrrole nitrogens is 1. The predicted molar refractivity (Wildman–Crippen MR) is 111 cm³/mol. The van der Waals surface area contributed by atoms with Gasteiger partial charge in [0.15, 0.2) is 17.2 Å². The standard InChI is InChI=1S/C21H18BrN3O4/c1-12-20(14-3-5-15(22)6-4-14)29-19(24-12)9-8-18(26)23-11-13-2-7-17-16(10-13)25-21(27)28-17/h2-7,10H,8-9,11H2,1H3,(H,23,26)(H,25,27). The van der Waals surface area contributed by atoms with Crippen molar-refractivity contribution >= 4 is 32.9 Å². The first-order valence-electron chi connectivity index (χ1n) is 9.08. The van der Waals surface area contributed by atoms with Gasteiger partial charge in [0, 0.05) is 29.4 Å². The Kier molecular flexibility index (Phi) is 5.35. The molecule has 0 atom stereocenters. The average molecular weight is 456 g/mol. The molecule has 2 N–H and O–H groups in total. The third kappa shape index (κ3) is 4.48. The van der Waals surface area contributed by atoms with Crippen LogP contribution in [0, 0.1) is 6.92 Å². The number of benzene rings is 2. The van der Waals surface area contributed by atoms with Crippen molar-refractivity contribution in [2.24, 2.45) is 0 Å².